The van der Waals surface area contributed by atoms with Gasteiger partial charge in [0.1, 0.15) is 0 Å². The number of unbranched alkanes of at least 4 members (excludes halogenated alkanes) is 11. The van der Waals surface area contributed by atoms with Crippen LogP contribution in [0.1, 0.15) is 110 Å². The Morgan fingerprint density at radius 2 is 1.19 bits per heavy atom. The Labute approximate surface area is 133 Å². The van der Waals surface area contributed by atoms with Crippen molar-refractivity contribution in [1.82, 2.24) is 0 Å². The standard InChI is InChI=1S/C19H39NO/c1-3-4-5-6-7-8-9-10-11-12-13-14-15-18(2)16-17-19(20)21/h18H,3-17H2,1-2H3,(H2,20,21). The highest BCUT2D eigenvalue weighted by Crippen LogP contribution is 2.16. The number of hydrogen-bond donors (Lipinski definition) is 1. The lowest BCUT2D eigenvalue weighted by Gasteiger charge is -2.09. The molecule has 0 radical (unpaired) electrons. The topological polar surface area (TPSA) is 43.1 Å². The lowest BCUT2D eigenvalue weighted by molar-refractivity contribution is -0.118. The van der Waals surface area contributed by atoms with E-state index in [0.717, 1.165) is 6.42 Å². The van der Waals surface area contributed by atoms with Crippen LogP contribution in [0.5, 0.6) is 0 Å². The summed E-state index contributed by atoms with van der Waals surface area (Å²) in [5, 5.41) is 0. The molecule has 0 aromatic heterocycles. The van der Waals surface area contributed by atoms with E-state index < -0.39 is 0 Å². The van der Waals surface area contributed by atoms with Gasteiger partial charge in [-0.25, -0.2) is 0 Å². The van der Waals surface area contributed by atoms with E-state index in [1.54, 1.807) is 0 Å². The van der Waals surface area contributed by atoms with Gasteiger partial charge >= 0.3 is 0 Å². The highest BCUT2D eigenvalue weighted by atomic mass is 16.1. The van der Waals surface area contributed by atoms with Crippen molar-refractivity contribution in [2.24, 2.45) is 11.7 Å². The number of carbonyl (C=O) groups is 1. The van der Waals surface area contributed by atoms with Gasteiger partial charge in [0, 0.05) is 6.42 Å². The largest absolute Gasteiger partial charge is 0.370 e. The molecule has 0 spiro atoms. The first-order chi connectivity index (χ1) is 10.2. The first kappa shape index (κ1) is 20.5. The maximum Gasteiger partial charge on any atom is 0.217 e. The van der Waals surface area contributed by atoms with Crippen LogP contribution in [0.2, 0.25) is 0 Å². The summed E-state index contributed by atoms with van der Waals surface area (Å²) in [7, 11) is 0. The van der Waals surface area contributed by atoms with E-state index in [9.17, 15) is 4.79 Å². The molecule has 126 valence electrons. The Bertz CT molecular complexity index is 228. The maximum absolute atomic E-state index is 10.7. The molecule has 1 amide bonds. The molecule has 0 aliphatic carbocycles. The molecule has 1 atom stereocenters. The summed E-state index contributed by atoms with van der Waals surface area (Å²) in [4.78, 5) is 10.7. The second kappa shape index (κ2) is 15.9. The Morgan fingerprint density at radius 3 is 1.62 bits per heavy atom. The molecule has 0 saturated carbocycles. The van der Waals surface area contributed by atoms with Gasteiger partial charge < -0.3 is 5.73 Å². The monoisotopic (exact) mass is 297 g/mol. The van der Waals surface area contributed by atoms with Crippen molar-refractivity contribution in [2.75, 3.05) is 0 Å². The second-order valence-electron chi connectivity index (χ2n) is 6.79. The first-order valence-electron chi connectivity index (χ1n) is 9.45. The van der Waals surface area contributed by atoms with Crippen molar-refractivity contribution in [3.05, 3.63) is 0 Å². The minimum absolute atomic E-state index is 0.156. The SMILES string of the molecule is CCCCCCCCCCCCCCC(C)CCC(N)=O. The number of rotatable bonds is 16. The average molecular weight is 298 g/mol. The molecule has 0 rings (SSSR count). The quantitative estimate of drug-likeness (QED) is 0.350. The van der Waals surface area contributed by atoms with Gasteiger partial charge in [0.2, 0.25) is 5.91 Å². The summed E-state index contributed by atoms with van der Waals surface area (Å²) in [5.41, 5.74) is 5.17. The molecule has 1 unspecified atom stereocenters. The van der Waals surface area contributed by atoms with Gasteiger partial charge in [-0.3, -0.25) is 4.79 Å². The fourth-order valence-corrected chi connectivity index (χ4v) is 2.87. The highest BCUT2D eigenvalue weighted by Gasteiger charge is 2.04. The second-order valence-corrected chi connectivity index (χ2v) is 6.79. The fourth-order valence-electron chi connectivity index (χ4n) is 2.87. The van der Waals surface area contributed by atoms with Crippen LogP contribution in [-0.4, -0.2) is 5.91 Å². The van der Waals surface area contributed by atoms with Crippen LogP contribution in [0.3, 0.4) is 0 Å². The van der Waals surface area contributed by atoms with E-state index in [2.05, 4.69) is 13.8 Å². The molecule has 2 heteroatoms. The molecule has 0 aliphatic heterocycles. The van der Waals surface area contributed by atoms with E-state index >= 15 is 0 Å². The van der Waals surface area contributed by atoms with Gasteiger partial charge in [-0.1, -0.05) is 97.3 Å². The Morgan fingerprint density at radius 1 is 0.762 bits per heavy atom. The minimum Gasteiger partial charge on any atom is -0.370 e. The normalized spacial score (nSPS) is 12.5. The number of carbonyl (C=O) groups excluding carboxylic acids is 1. The van der Waals surface area contributed by atoms with E-state index in [4.69, 9.17) is 5.73 Å². The zero-order chi connectivity index (χ0) is 15.8. The molecule has 21 heavy (non-hydrogen) atoms. The summed E-state index contributed by atoms with van der Waals surface area (Å²) in [6.07, 6.45) is 19.6. The molecule has 0 aromatic rings. The molecule has 0 bridgehead atoms. The summed E-state index contributed by atoms with van der Waals surface area (Å²) in [6, 6.07) is 0. The van der Waals surface area contributed by atoms with E-state index in [1.807, 2.05) is 0 Å². The molecule has 0 fully saturated rings. The fraction of sp³-hybridized carbons (Fsp3) is 0.947. The van der Waals surface area contributed by atoms with E-state index in [0.29, 0.717) is 12.3 Å². The molecule has 2 nitrogen and oxygen atoms in total. The van der Waals surface area contributed by atoms with Gasteiger partial charge in [-0.2, -0.15) is 0 Å². The van der Waals surface area contributed by atoms with E-state index in [1.165, 1.54) is 83.5 Å². The number of nitrogens with two attached hydrogens (primary N) is 1. The molecule has 2 N–H and O–H groups in total. The van der Waals surface area contributed by atoms with Crippen LogP contribution in [0.15, 0.2) is 0 Å². The molecule has 0 heterocycles. The molecule has 0 aromatic carbocycles. The average Bonchev–Trinajstić information content (AvgIpc) is 2.46. The van der Waals surface area contributed by atoms with Crippen molar-refractivity contribution >= 4 is 5.91 Å². The highest BCUT2D eigenvalue weighted by molar-refractivity contribution is 5.73. The van der Waals surface area contributed by atoms with Gasteiger partial charge in [-0.05, 0) is 12.3 Å². The molecule has 0 saturated heterocycles. The van der Waals surface area contributed by atoms with Crippen molar-refractivity contribution in [3.63, 3.8) is 0 Å². The summed E-state index contributed by atoms with van der Waals surface area (Å²) in [6.45, 7) is 4.51. The number of primary amides is 1. The lowest BCUT2D eigenvalue weighted by atomic mass is 9.97. The Balaban J connectivity index is 3.10. The van der Waals surface area contributed by atoms with Crippen LogP contribution in [0.4, 0.5) is 0 Å². The zero-order valence-corrected chi connectivity index (χ0v) is 14.7. The predicted octanol–water partition coefficient (Wildman–Crippen LogP) is 5.98. The Hall–Kier alpha value is -0.530. The summed E-state index contributed by atoms with van der Waals surface area (Å²) < 4.78 is 0. The van der Waals surface area contributed by atoms with Crippen LogP contribution in [-0.2, 0) is 4.79 Å². The van der Waals surface area contributed by atoms with Crippen molar-refractivity contribution < 1.29 is 4.79 Å². The third-order valence-corrected chi connectivity index (χ3v) is 4.43. The van der Waals surface area contributed by atoms with Gasteiger partial charge in [0.25, 0.3) is 0 Å². The van der Waals surface area contributed by atoms with Crippen molar-refractivity contribution in [2.45, 2.75) is 110 Å². The molecule has 0 aliphatic rings. The van der Waals surface area contributed by atoms with Crippen molar-refractivity contribution in [3.8, 4) is 0 Å². The summed E-state index contributed by atoms with van der Waals surface area (Å²) >= 11 is 0. The summed E-state index contributed by atoms with van der Waals surface area (Å²) in [5.74, 6) is 0.497. The number of hydrogen-bond acceptors (Lipinski definition) is 1. The predicted molar refractivity (Wildman–Crippen MR) is 93.3 cm³/mol. The number of amides is 1. The van der Waals surface area contributed by atoms with Crippen molar-refractivity contribution in [1.29, 1.82) is 0 Å². The smallest absolute Gasteiger partial charge is 0.217 e. The van der Waals surface area contributed by atoms with Crippen LogP contribution in [0.25, 0.3) is 0 Å². The zero-order valence-electron chi connectivity index (χ0n) is 14.7. The van der Waals surface area contributed by atoms with E-state index in [-0.39, 0.29) is 5.91 Å². The molecular formula is C19H39NO. The van der Waals surface area contributed by atoms with Gasteiger partial charge in [-0.15, -0.1) is 0 Å². The minimum atomic E-state index is -0.156. The van der Waals surface area contributed by atoms with Crippen LogP contribution < -0.4 is 5.73 Å². The third kappa shape index (κ3) is 17.4. The Kier molecular flexibility index (Phi) is 15.5. The lowest BCUT2D eigenvalue weighted by Crippen LogP contribution is -2.11. The van der Waals surface area contributed by atoms with Crippen LogP contribution in [0, 0.1) is 5.92 Å². The van der Waals surface area contributed by atoms with Crippen LogP contribution >= 0.6 is 0 Å². The van der Waals surface area contributed by atoms with Gasteiger partial charge in [0.05, 0.1) is 0 Å². The molecular weight excluding hydrogens is 258 g/mol. The first-order valence-corrected chi connectivity index (χ1v) is 9.45. The van der Waals surface area contributed by atoms with Gasteiger partial charge in [0.15, 0.2) is 0 Å². The maximum atomic E-state index is 10.7. The third-order valence-electron chi connectivity index (χ3n) is 4.43.